The van der Waals surface area contributed by atoms with E-state index in [0.717, 1.165) is 50.4 Å². The number of nitrogens with zero attached hydrogens (tertiary/aromatic N) is 2. The van der Waals surface area contributed by atoms with Gasteiger partial charge in [0.05, 0.1) is 25.5 Å². The number of aromatic nitrogens is 2. The first kappa shape index (κ1) is 19.9. The lowest BCUT2D eigenvalue weighted by Crippen LogP contribution is -2.37. The molecule has 3 aromatic rings. The van der Waals surface area contributed by atoms with Gasteiger partial charge in [-0.05, 0) is 73.9 Å². The largest absolute Gasteiger partial charge is 0.287 e. The van der Waals surface area contributed by atoms with Crippen LogP contribution in [0.2, 0.25) is 0 Å². The van der Waals surface area contributed by atoms with E-state index < -0.39 is 0 Å². The fraction of sp³-hybridized carbons (Fsp3) is 0.333. The van der Waals surface area contributed by atoms with Crippen LogP contribution in [0.5, 0.6) is 0 Å². The molecule has 0 unspecified atom stereocenters. The normalized spacial score (nSPS) is 10.9. The van der Waals surface area contributed by atoms with Crippen molar-refractivity contribution in [2.45, 2.75) is 52.6 Å². The minimum atomic E-state index is 0.836. The molecule has 0 amide bonds. The number of hydrogen-bond donors (Lipinski definition) is 2. The molecule has 0 fully saturated rings. The molecule has 4 heteroatoms. The predicted octanol–water partition coefficient (Wildman–Crippen LogP) is 3.31. The Kier molecular flexibility index (Phi) is 6.64. The van der Waals surface area contributed by atoms with Gasteiger partial charge in [0.1, 0.15) is 0 Å². The Morgan fingerprint density at radius 3 is 1.39 bits per heavy atom. The molecule has 0 aliphatic heterocycles. The van der Waals surface area contributed by atoms with Crippen LogP contribution >= 0.6 is 0 Å². The van der Waals surface area contributed by atoms with Crippen molar-refractivity contribution in [3.8, 4) is 0 Å². The van der Waals surface area contributed by atoms with E-state index in [1.54, 1.807) is 0 Å². The van der Waals surface area contributed by atoms with Gasteiger partial charge in [-0.1, -0.05) is 24.3 Å². The molecule has 0 saturated heterocycles. The molecule has 4 nitrogen and oxygen atoms in total. The fourth-order valence-corrected chi connectivity index (χ4v) is 3.50. The van der Waals surface area contributed by atoms with E-state index in [1.807, 2.05) is 12.1 Å². The van der Waals surface area contributed by atoms with E-state index in [2.05, 4.69) is 71.8 Å². The molecule has 28 heavy (non-hydrogen) atoms. The standard InChI is InChI=1S/C24H30N4/c1-19-11-15-27(23(25)17-19)13-3-5-21-7-9-22(10-8-21)6-4-14-28-16-12-20(2)18-24(28)26/h7-12,15-18,25-26H,3-6,13-14H2,1-2H3/p+2. The second-order valence-electron chi connectivity index (χ2n) is 7.67. The molecule has 0 saturated carbocycles. The average Bonchev–Trinajstić information content (AvgIpc) is 2.66. The first-order valence-corrected chi connectivity index (χ1v) is 10.1. The lowest BCUT2D eigenvalue weighted by Gasteiger charge is -2.07. The molecule has 0 radical (unpaired) electrons. The molecule has 2 aromatic heterocycles. The van der Waals surface area contributed by atoms with Crippen LogP contribution in [0, 0.1) is 13.8 Å². The zero-order valence-corrected chi connectivity index (χ0v) is 17.1. The SMILES string of the molecule is Cc1cc[n+](CCCc2ccc(CCC[n+]3ccc(C)cc3N)cc2)c(N)c1. The minimum Gasteiger partial charge on any atom is -0.287 e. The van der Waals surface area contributed by atoms with E-state index in [9.17, 15) is 0 Å². The maximum absolute atomic E-state index is 6.08. The van der Waals surface area contributed by atoms with Crippen molar-refractivity contribution >= 4 is 11.6 Å². The third-order valence-corrected chi connectivity index (χ3v) is 5.20. The van der Waals surface area contributed by atoms with E-state index in [0.29, 0.717) is 0 Å². The van der Waals surface area contributed by atoms with Crippen molar-refractivity contribution in [1.82, 2.24) is 0 Å². The van der Waals surface area contributed by atoms with Crippen LogP contribution in [0.3, 0.4) is 0 Å². The third kappa shape index (κ3) is 5.56. The summed E-state index contributed by atoms with van der Waals surface area (Å²) >= 11 is 0. The van der Waals surface area contributed by atoms with Crippen molar-refractivity contribution in [2.75, 3.05) is 11.5 Å². The van der Waals surface area contributed by atoms with E-state index in [-0.39, 0.29) is 0 Å². The molecule has 0 aliphatic rings. The van der Waals surface area contributed by atoms with Crippen molar-refractivity contribution in [2.24, 2.45) is 0 Å². The van der Waals surface area contributed by atoms with Crippen LogP contribution < -0.4 is 20.6 Å². The molecular formula is C24H32N4+2. The number of hydrogen-bond acceptors (Lipinski definition) is 2. The highest BCUT2D eigenvalue weighted by Gasteiger charge is 2.06. The molecular weight excluding hydrogens is 344 g/mol. The highest BCUT2D eigenvalue weighted by molar-refractivity contribution is 5.26. The van der Waals surface area contributed by atoms with Crippen LogP contribution in [0.15, 0.2) is 60.9 Å². The van der Waals surface area contributed by atoms with Gasteiger partial charge >= 0.3 is 0 Å². The van der Waals surface area contributed by atoms with Gasteiger partial charge in [-0.25, -0.2) is 9.13 Å². The zero-order chi connectivity index (χ0) is 19.9. The topological polar surface area (TPSA) is 59.8 Å². The maximum Gasteiger partial charge on any atom is 0.272 e. The number of pyridine rings is 2. The second-order valence-corrected chi connectivity index (χ2v) is 7.67. The third-order valence-electron chi connectivity index (χ3n) is 5.20. The predicted molar refractivity (Wildman–Crippen MR) is 115 cm³/mol. The Labute approximate surface area is 168 Å². The summed E-state index contributed by atoms with van der Waals surface area (Å²) in [6.07, 6.45) is 8.45. The van der Waals surface area contributed by atoms with Gasteiger partial charge in [0, 0.05) is 12.1 Å². The molecule has 0 atom stereocenters. The van der Waals surface area contributed by atoms with Gasteiger partial charge in [-0.15, -0.1) is 0 Å². The van der Waals surface area contributed by atoms with Crippen LogP contribution in [0.1, 0.15) is 35.1 Å². The van der Waals surface area contributed by atoms with Crippen molar-refractivity contribution in [3.05, 3.63) is 83.2 Å². The molecule has 1 aromatic carbocycles. The summed E-state index contributed by atoms with van der Waals surface area (Å²) < 4.78 is 4.24. The molecule has 3 rings (SSSR count). The highest BCUT2D eigenvalue weighted by atomic mass is 15.0. The smallest absolute Gasteiger partial charge is 0.272 e. The van der Waals surface area contributed by atoms with Crippen LogP contribution in [0.4, 0.5) is 11.6 Å². The first-order valence-electron chi connectivity index (χ1n) is 10.1. The van der Waals surface area contributed by atoms with Gasteiger partial charge < -0.3 is 0 Å². The molecule has 0 spiro atoms. The summed E-state index contributed by atoms with van der Waals surface area (Å²) in [5.74, 6) is 1.67. The lowest BCUT2D eigenvalue weighted by molar-refractivity contribution is -0.683. The maximum atomic E-state index is 6.08. The Morgan fingerprint density at radius 2 is 1.04 bits per heavy atom. The highest BCUT2D eigenvalue weighted by Crippen LogP contribution is 2.10. The monoisotopic (exact) mass is 376 g/mol. The number of rotatable bonds is 8. The molecule has 0 aliphatic carbocycles. The molecule has 4 N–H and O–H groups in total. The summed E-state index contributed by atoms with van der Waals surface area (Å²) in [7, 11) is 0. The second kappa shape index (κ2) is 9.36. The Hall–Kier alpha value is -2.88. The summed E-state index contributed by atoms with van der Waals surface area (Å²) in [5, 5.41) is 0. The summed E-state index contributed by atoms with van der Waals surface area (Å²) in [5.41, 5.74) is 17.3. The van der Waals surface area contributed by atoms with Gasteiger partial charge in [0.2, 0.25) is 0 Å². The van der Waals surface area contributed by atoms with Crippen LogP contribution in [-0.2, 0) is 25.9 Å². The first-order chi connectivity index (χ1) is 13.5. The van der Waals surface area contributed by atoms with Gasteiger partial charge in [0.25, 0.3) is 11.6 Å². The Morgan fingerprint density at radius 1 is 0.643 bits per heavy atom. The van der Waals surface area contributed by atoms with Gasteiger partial charge in [-0.2, -0.15) is 0 Å². The van der Waals surface area contributed by atoms with E-state index in [4.69, 9.17) is 11.5 Å². The van der Waals surface area contributed by atoms with Crippen molar-refractivity contribution in [3.63, 3.8) is 0 Å². The lowest BCUT2D eigenvalue weighted by atomic mass is 10.0. The Bertz CT molecular complexity index is 840. The number of benzene rings is 1. The minimum absolute atomic E-state index is 0.836. The number of nitrogens with two attached hydrogens (primary N) is 2. The van der Waals surface area contributed by atoms with Crippen LogP contribution in [-0.4, -0.2) is 0 Å². The number of anilines is 2. The number of aryl methyl sites for hydroxylation is 6. The molecule has 146 valence electrons. The van der Waals surface area contributed by atoms with Gasteiger partial charge in [-0.3, -0.25) is 11.5 Å². The molecule has 0 bridgehead atoms. The van der Waals surface area contributed by atoms with Gasteiger partial charge in [0.15, 0.2) is 0 Å². The fourth-order valence-electron chi connectivity index (χ4n) is 3.50. The van der Waals surface area contributed by atoms with E-state index in [1.165, 1.54) is 22.3 Å². The summed E-state index contributed by atoms with van der Waals surface area (Å²) in [6.45, 7) is 6.03. The van der Waals surface area contributed by atoms with E-state index >= 15 is 0 Å². The Balaban J connectivity index is 1.44. The quantitative estimate of drug-likeness (QED) is 0.593. The van der Waals surface area contributed by atoms with Crippen molar-refractivity contribution in [1.29, 1.82) is 0 Å². The van der Waals surface area contributed by atoms with Crippen molar-refractivity contribution < 1.29 is 9.13 Å². The summed E-state index contributed by atoms with van der Waals surface area (Å²) in [6, 6.07) is 17.3. The summed E-state index contributed by atoms with van der Waals surface area (Å²) in [4.78, 5) is 0. The zero-order valence-electron chi connectivity index (χ0n) is 17.1. The molecule has 2 heterocycles. The average molecular weight is 377 g/mol. The van der Waals surface area contributed by atoms with Crippen LogP contribution in [0.25, 0.3) is 0 Å². The number of nitrogen functional groups attached to an aromatic ring is 2.